The molecule has 0 saturated carbocycles. The molecule has 15 heteroatoms. The molecule has 1 atom stereocenters. The number of hydrogen-bond donors (Lipinski definition) is 5. The van der Waals surface area contributed by atoms with Gasteiger partial charge in [-0.15, -0.1) is 0 Å². The highest BCUT2D eigenvalue weighted by Crippen LogP contribution is 2.33. The average molecular weight is 687 g/mol. The lowest BCUT2D eigenvalue weighted by molar-refractivity contribution is -0.134. The van der Waals surface area contributed by atoms with Crippen molar-refractivity contribution in [1.29, 1.82) is 0 Å². The van der Waals surface area contributed by atoms with Crippen LogP contribution in [0.1, 0.15) is 57.6 Å². The van der Waals surface area contributed by atoms with Crippen molar-refractivity contribution in [3.63, 3.8) is 0 Å². The largest absolute Gasteiger partial charge is 0.390 e. The summed E-state index contributed by atoms with van der Waals surface area (Å²) in [5.74, 6) is 0.0775. The normalized spacial score (nSPS) is 17.6. The Kier molecular flexibility index (Phi) is 8.53. The maximum atomic E-state index is 12.6. The monoisotopic (exact) mass is 686 g/mol. The molecule has 2 aliphatic heterocycles. The Morgan fingerprint density at radius 2 is 1.80 bits per heavy atom. The highest BCUT2D eigenvalue weighted by Gasteiger charge is 2.32. The fourth-order valence-electron chi connectivity index (χ4n) is 6.62. The summed E-state index contributed by atoms with van der Waals surface area (Å²) in [7, 11) is 1.87. The summed E-state index contributed by atoms with van der Waals surface area (Å²) in [5.41, 5.74) is 3.61. The van der Waals surface area contributed by atoms with Gasteiger partial charge in [0.15, 0.2) is 5.82 Å². The maximum absolute atomic E-state index is 12.6. The summed E-state index contributed by atoms with van der Waals surface area (Å²) < 4.78 is 3.41. The molecule has 2 amide bonds. The lowest BCUT2D eigenvalue weighted by atomic mass is 9.93. The lowest BCUT2D eigenvalue weighted by Crippen LogP contribution is -2.40. The Morgan fingerprint density at radius 3 is 2.55 bits per heavy atom. The van der Waals surface area contributed by atoms with Gasteiger partial charge in [0.2, 0.25) is 17.8 Å². The summed E-state index contributed by atoms with van der Waals surface area (Å²) in [4.78, 5) is 51.0. The zero-order valence-corrected chi connectivity index (χ0v) is 28.3. The molecule has 2 aromatic carbocycles. The summed E-state index contributed by atoms with van der Waals surface area (Å²) in [5, 5.41) is 25.5. The molecule has 14 nitrogen and oxygen atoms in total. The Balaban J connectivity index is 1.01. The number of aliphatic hydroxyl groups is 1. The molecule has 49 heavy (non-hydrogen) atoms. The number of carbonyl (C=O) groups is 2. The molecule has 7 rings (SSSR count). The molecule has 2 fully saturated rings. The molecular weight excluding hydrogens is 648 g/mol. The Hall–Kier alpha value is -4.95. The van der Waals surface area contributed by atoms with E-state index in [-0.39, 0.29) is 23.5 Å². The van der Waals surface area contributed by atoms with Crippen molar-refractivity contribution in [2.75, 3.05) is 28.6 Å². The third-order valence-electron chi connectivity index (χ3n) is 9.31. The second-order valence-corrected chi connectivity index (χ2v) is 13.9. The number of carbonyl (C=O) groups excluding carboxylic acids is 2. The van der Waals surface area contributed by atoms with Crippen LogP contribution >= 0.6 is 11.6 Å². The predicted octanol–water partition coefficient (Wildman–Crippen LogP) is 4.17. The van der Waals surface area contributed by atoms with Crippen LogP contribution in [0.25, 0.3) is 21.9 Å². The van der Waals surface area contributed by atoms with E-state index in [9.17, 15) is 19.5 Å². The number of aromatic nitrogens is 6. The third-order valence-corrected chi connectivity index (χ3v) is 9.59. The number of rotatable bonds is 9. The highest BCUT2D eigenvalue weighted by atomic mass is 35.5. The molecule has 2 aliphatic rings. The molecule has 5 N–H and O–H groups in total. The maximum Gasteiger partial charge on any atom is 0.326 e. The lowest BCUT2D eigenvalue weighted by Gasteiger charge is -2.33. The molecule has 3 aromatic heterocycles. The van der Waals surface area contributed by atoms with Gasteiger partial charge in [-0.1, -0.05) is 11.6 Å². The standard InChI is InChI=1S/C34H39ClN10O4/c1-34(2,49)12-15-45-27-17-21(5-8-25(27)39-33(45)48)38-30-24(35)18-36-32(41-30)44-13-10-19(11-14-44)37-20-4-6-22-26(16-20)43(3)42-29(22)23-7-9-28(46)40-31(23)47/h4-6,8,16-19,23,37,49H,7,9-15H2,1-3H3,(H,39,48)(H,36,38,41)(H,40,46,47). The van der Waals surface area contributed by atoms with E-state index >= 15 is 0 Å². The number of aromatic amines is 1. The first-order valence-corrected chi connectivity index (χ1v) is 16.9. The number of hydrogen-bond acceptors (Lipinski definition) is 10. The number of fused-ring (bicyclic) bond motifs is 2. The van der Waals surface area contributed by atoms with Crippen LogP contribution in [0, 0.1) is 0 Å². The number of nitrogens with zero attached hydrogens (tertiary/aromatic N) is 6. The number of anilines is 4. The van der Waals surface area contributed by atoms with Gasteiger partial charge in [-0.25, -0.2) is 9.78 Å². The fraction of sp³-hybridized carbons (Fsp3) is 0.412. The first-order chi connectivity index (χ1) is 23.4. The van der Waals surface area contributed by atoms with Gasteiger partial charge in [-0.2, -0.15) is 10.1 Å². The average Bonchev–Trinajstić information content (AvgIpc) is 3.55. The summed E-state index contributed by atoms with van der Waals surface area (Å²) >= 11 is 6.52. The third kappa shape index (κ3) is 6.83. The first-order valence-electron chi connectivity index (χ1n) is 16.5. The van der Waals surface area contributed by atoms with Crippen LogP contribution in [0.4, 0.5) is 23.1 Å². The van der Waals surface area contributed by atoms with Crippen LogP contribution in [-0.4, -0.2) is 71.0 Å². The van der Waals surface area contributed by atoms with Gasteiger partial charge in [-0.05, 0) is 75.9 Å². The number of imide groups is 1. The molecule has 5 aromatic rings. The summed E-state index contributed by atoms with van der Waals surface area (Å²) in [6, 6.07) is 11.9. The second-order valence-electron chi connectivity index (χ2n) is 13.5. The Bertz CT molecular complexity index is 2120. The van der Waals surface area contributed by atoms with Crippen LogP contribution in [0.2, 0.25) is 5.02 Å². The van der Waals surface area contributed by atoms with Gasteiger partial charge in [-0.3, -0.25) is 24.2 Å². The number of amides is 2. The molecule has 0 aliphatic carbocycles. The van der Waals surface area contributed by atoms with Gasteiger partial charge in [0.25, 0.3) is 0 Å². The number of imidazole rings is 1. The molecule has 0 spiro atoms. The van der Waals surface area contributed by atoms with E-state index in [1.807, 2.05) is 37.4 Å². The van der Waals surface area contributed by atoms with Crippen molar-refractivity contribution in [1.82, 2.24) is 34.6 Å². The van der Waals surface area contributed by atoms with Crippen LogP contribution in [0.5, 0.6) is 0 Å². The molecule has 1 unspecified atom stereocenters. The van der Waals surface area contributed by atoms with E-state index < -0.39 is 11.5 Å². The topological polar surface area (TPSA) is 175 Å². The molecular formula is C34H39ClN10O4. The zero-order chi connectivity index (χ0) is 34.4. The minimum Gasteiger partial charge on any atom is -0.390 e. The van der Waals surface area contributed by atoms with E-state index in [1.54, 1.807) is 29.3 Å². The molecule has 5 heterocycles. The van der Waals surface area contributed by atoms with Crippen molar-refractivity contribution in [2.24, 2.45) is 7.05 Å². The number of aryl methyl sites for hydroxylation is 2. The van der Waals surface area contributed by atoms with Crippen LogP contribution in [0.3, 0.4) is 0 Å². The number of H-pyrrole nitrogens is 1. The Labute approximate surface area is 286 Å². The number of benzene rings is 2. The molecule has 256 valence electrons. The number of halogens is 1. The van der Waals surface area contributed by atoms with Crippen molar-refractivity contribution in [3.8, 4) is 0 Å². The van der Waals surface area contributed by atoms with Gasteiger partial charge >= 0.3 is 5.69 Å². The summed E-state index contributed by atoms with van der Waals surface area (Å²) in [6.07, 6.45) is 4.53. The summed E-state index contributed by atoms with van der Waals surface area (Å²) in [6.45, 7) is 5.31. The van der Waals surface area contributed by atoms with E-state index in [4.69, 9.17) is 16.6 Å². The Morgan fingerprint density at radius 1 is 1.04 bits per heavy atom. The highest BCUT2D eigenvalue weighted by molar-refractivity contribution is 6.32. The van der Waals surface area contributed by atoms with E-state index in [1.165, 1.54) is 0 Å². The molecule has 2 saturated heterocycles. The van der Waals surface area contributed by atoms with Crippen LogP contribution in [-0.2, 0) is 23.2 Å². The van der Waals surface area contributed by atoms with Crippen molar-refractivity contribution in [2.45, 2.75) is 70.1 Å². The van der Waals surface area contributed by atoms with E-state index in [2.05, 4.69) is 42.0 Å². The second kappa shape index (κ2) is 12.8. The van der Waals surface area contributed by atoms with E-state index in [0.717, 1.165) is 48.0 Å². The molecule has 0 bridgehead atoms. The number of nitrogens with one attached hydrogen (secondary N) is 4. The van der Waals surface area contributed by atoms with Gasteiger partial charge in [0.05, 0.1) is 40.0 Å². The SMILES string of the molecule is Cn1nc(C2CCC(=O)NC2=O)c2ccc(NC3CCN(c4ncc(Cl)c(Nc5ccc6[nH]c(=O)n(CCC(C)(C)O)c6c5)n4)CC3)cc21. The van der Waals surface area contributed by atoms with Crippen LogP contribution in [0.15, 0.2) is 47.4 Å². The van der Waals surface area contributed by atoms with Gasteiger partial charge in [0, 0.05) is 55.9 Å². The quantitative estimate of drug-likeness (QED) is 0.142. The van der Waals surface area contributed by atoms with E-state index in [0.29, 0.717) is 59.5 Å². The predicted molar refractivity (Wildman–Crippen MR) is 188 cm³/mol. The fourth-order valence-corrected chi connectivity index (χ4v) is 6.76. The van der Waals surface area contributed by atoms with Crippen molar-refractivity contribution in [3.05, 3.63) is 63.8 Å². The van der Waals surface area contributed by atoms with Crippen LogP contribution < -0.4 is 26.5 Å². The zero-order valence-electron chi connectivity index (χ0n) is 27.6. The first kappa shape index (κ1) is 32.6. The van der Waals surface area contributed by atoms with Gasteiger partial charge in [0.1, 0.15) is 5.02 Å². The number of piperidine rings is 2. The minimum atomic E-state index is -0.895. The molecule has 0 radical (unpaired) electrons. The van der Waals surface area contributed by atoms with Crippen molar-refractivity contribution < 1.29 is 14.7 Å². The minimum absolute atomic E-state index is 0.229. The van der Waals surface area contributed by atoms with Gasteiger partial charge < -0.3 is 25.6 Å². The smallest absolute Gasteiger partial charge is 0.326 e. The van der Waals surface area contributed by atoms with Crippen molar-refractivity contribution >= 4 is 68.5 Å².